The van der Waals surface area contributed by atoms with Gasteiger partial charge in [-0.2, -0.15) is 0 Å². The van der Waals surface area contributed by atoms with Crippen molar-refractivity contribution < 1.29 is 14.7 Å². The first-order chi connectivity index (χ1) is 8.00. The third-order valence-electron chi connectivity index (χ3n) is 2.25. The zero-order valence-corrected chi connectivity index (χ0v) is 10.9. The molecule has 0 saturated carbocycles. The highest BCUT2D eigenvalue weighted by atomic mass is 79.9. The van der Waals surface area contributed by atoms with Crippen molar-refractivity contribution in [3.63, 3.8) is 0 Å². The smallest absolute Gasteiger partial charge is 0.306 e. The van der Waals surface area contributed by atoms with Gasteiger partial charge >= 0.3 is 5.97 Å². The van der Waals surface area contributed by atoms with Crippen molar-refractivity contribution in [3.8, 4) is 0 Å². The maximum Gasteiger partial charge on any atom is 0.306 e. The van der Waals surface area contributed by atoms with Crippen LogP contribution in [-0.4, -0.2) is 28.5 Å². The first-order valence-electron chi connectivity index (χ1n) is 5.12. The molecule has 0 aromatic carbocycles. The maximum atomic E-state index is 11.6. The summed E-state index contributed by atoms with van der Waals surface area (Å²) < 4.78 is 0.726. The number of carboxylic acid groups (broad SMARTS) is 1. The number of carbonyl (C=O) groups is 2. The first-order valence-corrected chi connectivity index (χ1v) is 5.91. The Kier molecular flexibility index (Phi) is 5.09. The molecular weight excluding hydrogens is 288 g/mol. The molecule has 1 rings (SSSR count). The molecule has 0 saturated heterocycles. The number of nitrogens with zero attached hydrogens (tertiary/aromatic N) is 1. The lowest BCUT2D eigenvalue weighted by Crippen LogP contribution is -2.27. The van der Waals surface area contributed by atoms with Crippen LogP contribution in [-0.2, 0) is 4.79 Å². The van der Waals surface area contributed by atoms with E-state index >= 15 is 0 Å². The summed E-state index contributed by atoms with van der Waals surface area (Å²) in [4.78, 5) is 26.1. The number of nitrogens with one attached hydrogen (secondary N) is 1. The van der Waals surface area contributed by atoms with Gasteiger partial charge in [-0.15, -0.1) is 0 Å². The van der Waals surface area contributed by atoms with E-state index in [9.17, 15) is 9.59 Å². The van der Waals surface area contributed by atoms with Crippen molar-refractivity contribution in [1.29, 1.82) is 0 Å². The van der Waals surface area contributed by atoms with E-state index in [4.69, 9.17) is 5.11 Å². The zero-order chi connectivity index (χ0) is 12.8. The second-order valence-electron chi connectivity index (χ2n) is 3.68. The predicted molar refractivity (Wildman–Crippen MR) is 65.7 cm³/mol. The largest absolute Gasteiger partial charge is 0.481 e. The monoisotopic (exact) mass is 300 g/mol. The number of rotatable bonds is 5. The van der Waals surface area contributed by atoms with Crippen LogP contribution in [0.3, 0.4) is 0 Å². The topological polar surface area (TPSA) is 79.3 Å². The lowest BCUT2D eigenvalue weighted by atomic mass is 10.1. The highest BCUT2D eigenvalue weighted by Gasteiger charge is 2.11. The molecule has 0 aliphatic heterocycles. The number of carbonyl (C=O) groups excluding carboxylic acids is 1. The highest BCUT2D eigenvalue weighted by molar-refractivity contribution is 9.10. The van der Waals surface area contributed by atoms with E-state index in [0.717, 1.165) is 4.47 Å². The summed E-state index contributed by atoms with van der Waals surface area (Å²) in [6.45, 7) is 1.94. The molecule has 5 nitrogen and oxygen atoms in total. The third-order valence-corrected chi connectivity index (χ3v) is 2.69. The van der Waals surface area contributed by atoms with E-state index < -0.39 is 11.9 Å². The van der Waals surface area contributed by atoms with Crippen LogP contribution < -0.4 is 5.32 Å². The Balaban J connectivity index is 2.43. The first kappa shape index (κ1) is 13.6. The number of hydrogen-bond acceptors (Lipinski definition) is 3. The van der Waals surface area contributed by atoms with Gasteiger partial charge in [0.25, 0.3) is 5.91 Å². The number of halogens is 1. The van der Waals surface area contributed by atoms with Crippen molar-refractivity contribution in [2.75, 3.05) is 6.54 Å². The van der Waals surface area contributed by atoms with Gasteiger partial charge in [0.15, 0.2) is 0 Å². The quantitative estimate of drug-likeness (QED) is 0.867. The summed E-state index contributed by atoms with van der Waals surface area (Å²) >= 11 is 3.22. The van der Waals surface area contributed by atoms with E-state index in [-0.39, 0.29) is 5.91 Å². The molecule has 92 valence electrons. The van der Waals surface area contributed by atoms with Crippen LogP contribution in [0.4, 0.5) is 0 Å². The van der Waals surface area contributed by atoms with Gasteiger partial charge in [-0.1, -0.05) is 6.92 Å². The molecule has 2 N–H and O–H groups in total. The molecule has 0 aliphatic rings. The Morgan fingerprint density at radius 3 is 2.82 bits per heavy atom. The Hall–Kier alpha value is -1.43. The Labute approximate surface area is 107 Å². The minimum atomic E-state index is -0.858. The summed E-state index contributed by atoms with van der Waals surface area (Å²) in [5.41, 5.74) is 0.447. The minimum Gasteiger partial charge on any atom is -0.481 e. The molecule has 1 atom stereocenters. The maximum absolute atomic E-state index is 11.6. The number of aliphatic carboxylic acids is 1. The van der Waals surface area contributed by atoms with Crippen molar-refractivity contribution in [3.05, 3.63) is 28.5 Å². The Bertz CT molecular complexity index is 423. The number of hydrogen-bond donors (Lipinski definition) is 2. The van der Waals surface area contributed by atoms with Gasteiger partial charge in [0.1, 0.15) is 0 Å². The summed E-state index contributed by atoms with van der Waals surface area (Å²) in [6.07, 6.45) is 3.45. The lowest BCUT2D eigenvalue weighted by Gasteiger charge is -2.07. The second kappa shape index (κ2) is 6.34. The number of pyridine rings is 1. The fourth-order valence-corrected chi connectivity index (χ4v) is 1.53. The van der Waals surface area contributed by atoms with Crippen LogP contribution in [0.1, 0.15) is 23.7 Å². The van der Waals surface area contributed by atoms with Gasteiger partial charge in [-0.25, -0.2) is 0 Å². The lowest BCUT2D eigenvalue weighted by molar-refractivity contribution is -0.141. The molecule has 0 radical (unpaired) electrons. The van der Waals surface area contributed by atoms with Crippen LogP contribution in [0.15, 0.2) is 22.9 Å². The molecule has 1 amide bonds. The summed E-state index contributed by atoms with van der Waals surface area (Å²) in [5, 5.41) is 11.3. The van der Waals surface area contributed by atoms with E-state index in [1.807, 2.05) is 0 Å². The zero-order valence-electron chi connectivity index (χ0n) is 9.31. The second-order valence-corrected chi connectivity index (χ2v) is 4.59. The number of amides is 1. The van der Waals surface area contributed by atoms with E-state index in [1.54, 1.807) is 19.2 Å². The minimum absolute atomic E-state index is 0.253. The SMILES string of the molecule is CC(CCNC(=O)c1cncc(Br)c1)C(=O)O. The van der Waals surface area contributed by atoms with Crippen LogP contribution in [0.5, 0.6) is 0 Å². The molecule has 1 aromatic heterocycles. The molecular formula is C11H13BrN2O3. The fraction of sp³-hybridized carbons (Fsp3) is 0.364. The highest BCUT2D eigenvalue weighted by Crippen LogP contribution is 2.09. The fourth-order valence-electron chi connectivity index (χ4n) is 1.16. The molecule has 17 heavy (non-hydrogen) atoms. The van der Waals surface area contributed by atoms with Gasteiger partial charge in [0.05, 0.1) is 11.5 Å². The molecule has 1 unspecified atom stereocenters. The molecule has 0 bridgehead atoms. The molecule has 0 fully saturated rings. The van der Waals surface area contributed by atoms with E-state index in [2.05, 4.69) is 26.2 Å². The predicted octanol–water partition coefficient (Wildman–Crippen LogP) is 1.68. The van der Waals surface area contributed by atoms with Crippen molar-refractivity contribution >= 4 is 27.8 Å². The average molecular weight is 301 g/mol. The Morgan fingerprint density at radius 1 is 1.53 bits per heavy atom. The molecule has 6 heteroatoms. The standard InChI is InChI=1S/C11H13BrN2O3/c1-7(11(16)17)2-3-14-10(15)8-4-9(12)6-13-5-8/h4-7H,2-3H2,1H3,(H,14,15)(H,16,17). The van der Waals surface area contributed by atoms with Gasteiger partial charge < -0.3 is 10.4 Å². The van der Waals surface area contributed by atoms with Crippen molar-refractivity contribution in [2.24, 2.45) is 5.92 Å². The van der Waals surface area contributed by atoms with Crippen LogP contribution in [0.2, 0.25) is 0 Å². The number of aromatic nitrogens is 1. The van der Waals surface area contributed by atoms with E-state index in [1.165, 1.54) is 6.20 Å². The summed E-state index contributed by atoms with van der Waals surface area (Å²) in [5.74, 6) is -1.57. The summed E-state index contributed by atoms with van der Waals surface area (Å²) in [7, 11) is 0. The third kappa shape index (κ3) is 4.52. The van der Waals surface area contributed by atoms with Crippen LogP contribution in [0.25, 0.3) is 0 Å². The molecule has 0 aliphatic carbocycles. The van der Waals surface area contributed by atoms with Gasteiger partial charge in [-0.3, -0.25) is 14.6 Å². The van der Waals surface area contributed by atoms with Gasteiger partial charge in [0.2, 0.25) is 0 Å². The van der Waals surface area contributed by atoms with Crippen LogP contribution in [0, 0.1) is 5.92 Å². The van der Waals surface area contributed by atoms with Gasteiger partial charge in [-0.05, 0) is 28.4 Å². The van der Waals surface area contributed by atoms with Crippen LogP contribution >= 0.6 is 15.9 Å². The normalized spacial score (nSPS) is 11.9. The number of carboxylic acids is 1. The Morgan fingerprint density at radius 2 is 2.24 bits per heavy atom. The van der Waals surface area contributed by atoms with Crippen molar-refractivity contribution in [2.45, 2.75) is 13.3 Å². The molecule has 1 aromatic rings. The van der Waals surface area contributed by atoms with E-state index in [0.29, 0.717) is 18.5 Å². The summed E-state index contributed by atoms with van der Waals surface area (Å²) in [6, 6.07) is 1.66. The van der Waals surface area contributed by atoms with Gasteiger partial charge in [0, 0.05) is 23.4 Å². The molecule has 1 heterocycles. The average Bonchev–Trinajstić information content (AvgIpc) is 2.28. The van der Waals surface area contributed by atoms with Crippen molar-refractivity contribution in [1.82, 2.24) is 10.3 Å². The molecule has 0 spiro atoms.